The van der Waals surface area contributed by atoms with Crippen molar-refractivity contribution in [2.45, 2.75) is 18.2 Å². The fraction of sp³-hybridized carbons (Fsp3) is 0.267. The first-order valence-corrected chi connectivity index (χ1v) is 8.29. The first-order valence-electron chi connectivity index (χ1n) is 6.43. The third kappa shape index (κ3) is 4.58. The van der Waals surface area contributed by atoms with Crippen LogP contribution in [0.5, 0.6) is 0 Å². The predicted molar refractivity (Wildman–Crippen MR) is 87.3 cm³/mol. The molecule has 1 amide bonds. The number of nitrogens with one attached hydrogen (secondary N) is 1. The van der Waals surface area contributed by atoms with Crippen molar-refractivity contribution >= 4 is 34.7 Å². The van der Waals surface area contributed by atoms with Gasteiger partial charge in [-0.25, -0.2) is 0 Å². The van der Waals surface area contributed by atoms with Crippen LogP contribution in [0.1, 0.15) is 10.4 Å². The maximum absolute atomic E-state index is 11.8. The molecule has 1 heterocycles. The summed E-state index contributed by atoms with van der Waals surface area (Å²) in [4.78, 5) is 14.0. The lowest BCUT2D eigenvalue weighted by molar-refractivity contribution is -0.118. The minimum Gasteiger partial charge on any atom is -0.398 e. The smallest absolute Gasteiger partial charge is 0.230 e. The van der Waals surface area contributed by atoms with E-state index in [1.54, 1.807) is 11.3 Å². The lowest BCUT2D eigenvalue weighted by Gasteiger charge is -2.07. The number of thiophene rings is 1. The number of carbonyl (C=O) groups excluding carboxylic acids is 1. The number of rotatable bonds is 6. The highest BCUT2D eigenvalue weighted by Gasteiger charge is 2.05. The molecule has 0 aliphatic heterocycles. The molecule has 1 aromatic carbocycles. The Labute approximate surface area is 127 Å². The van der Waals surface area contributed by atoms with Gasteiger partial charge in [-0.3, -0.25) is 4.79 Å². The summed E-state index contributed by atoms with van der Waals surface area (Å²) in [6, 6.07) is 10.0. The highest BCUT2D eigenvalue weighted by molar-refractivity contribution is 8.00. The van der Waals surface area contributed by atoms with Crippen molar-refractivity contribution in [1.29, 1.82) is 0 Å². The van der Waals surface area contributed by atoms with Gasteiger partial charge in [0.2, 0.25) is 5.91 Å². The molecule has 0 fully saturated rings. The summed E-state index contributed by atoms with van der Waals surface area (Å²) in [6.07, 6.45) is 0.890. The maximum Gasteiger partial charge on any atom is 0.230 e. The van der Waals surface area contributed by atoms with Crippen LogP contribution in [0.15, 0.2) is 40.6 Å². The normalized spacial score (nSPS) is 10.4. The second-order valence-electron chi connectivity index (χ2n) is 4.51. The van der Waals surface area contributed by atoms with Gasteiger partial charge in [-0.05, 0) is 42.5 Å². The summed E-state index contributed by atoms with van der Waals surface area (Å²) in [6.45, 7) is 2.69. The van der Waals surface area contributed by atoms with Crippen LogP contribution in [0, 0.1) is 6.92 Å². The van der Waals surface area contributed by atoms with Crippen molar-refractivity contribution < 1.29 is 4.79 Å². The van der Waals surface area contributed by atoms with Gasteiger partial charge in [0.1, 0.15) is 0 Å². The molecule has 2 rings (SSSR count). The zero-order valence-corrected chi connectivity index (χ0v) is 13.0. The molecule has 0 unspecified atom stereocenters. The Bertz CT molecular complexity index is 567. The van der Waals surface area contributed by atoms with E-state index in [1.807, 2.05) is 36.6 Å². The van der Waals surface area contributed by atoms with Crippen LogP contribution >= 0.6 is 23.1 Å². The van der Waals surface area contributed by atoms with Crippen molar-refractivity contribution in [2.24, 2.45) is 0 Å². The number of nitrogens with two attached hydrogens (primary N) is 1. The molecule has 0 aliphatic rings. The van der Waals surface area contributed by atoms with Gasteiger partial charge < -0.3 is 11.1 Å². The maximum atomic E-state index is 11.8. The van der Waals surface area contributed by atoms with E-state index < -0.39 is 0 Å². The highest BCUT2D eigenvalue weighted by Crippen LogP contribution is 2.25. The number of aryl methyl sites for hydroxylation is 1. The number of amides is 1. The third-order valence-corrected chi connectivity index (χ3v) is 4.82. The van der Waals surface area contributed by atoms with Crippen molar-refractivity contribution in [1.82, 2.24) is 5.32 Å². The van der Waals surface area contributed by atoms with Crippen molar-refractivity contribution in [2.75, 3.05) is 18.0 Å². The quantitative estimate of drug-likeness (QED) is 0.637. The summed E-state index contributed by atoms with van der Waals surface area (Å²) in [5.74, 6) is 0.448. The number of thioether (sulfide) groups is 1. The standard InChI is InChI=1S/C15H18N2OS2/c1-11-4-5-14(13(16)9-11)20-10-15(18)17-7-6-12-3-2-8-19-12/h2-5,8-9H,6-7,10,16H2,1H3,(H,17,18). The molecule has 106 valence electrons. The van der Waals surface area contributed by atoms with Gasteiger partial charge >= 0.3 is 0 Å². The van der Waals surface area contributed by atoms with E-state index in [2.05, 4.69) is 11.4 Å². The largest absolute Gasteiger partial charge is 0.398 e. The van der Waals surface area contributed by atoms with E-state index in [1.165, 1.54) is 16.6 Å². The molecule has 0 saturated heterocycles. The summed E-state index contributed by atoms with van der Waals surface area (Å²) in [5, 5.41) is 4.98. The minimum atomic E-state index is 0.0477. The lowest BCUT2D eigenvalue weighted by Crippen LogP contribution is -2.27. The second-order valence-corrected chi connectivity index (χ2v) is 6.56. The third-order valence-electron chi connectivity index (χ3n) is 2.80. The van der Waals surface area contributed by atoms with Crippen LogP contribution in [0.25, 0.3) is 0 Å². The van der Waals surface area contributed by atoms with Crippen molar-refractivity contribution in [3.05, 3.63) is 46.2 Å². The first kappa shape index (κ1) is 14.9. The van der Waals surface area contributed by atoms with Crippen LogP contribution in [-0.2, 0) is 11.2 Å². The molecule has 0 radical (unpaired) electrons. The zero-order chi connectivity index (χ0) is 14.4. The molecule has 5 heteroatoms. The first-order chi connectivity index (χ1) is 9.65. The van der Waals surface area contributed by atoms with Crippen LogP contribution in [-0.4, -0.2) is 18.2 Å². The molecule has 3 N–H and O–H groups in total. The molecule has 0 saturated carbocycles. The highest BCUT2D eigenvalue weighted by atomic mass is 32.2. The molecule has 0 spiro atoms. The van der Waals surface area contributed by atoms with Gasteiger partial charge in [-0.2, -0.15) is 0 Å². The fourth-order valence-electron chi connectivity index (χ4n) is 1.77. The Morgan fingerprint density at radius 2 is 2.25 bits per heavy atom. The number of carbonyl (C=O) groups is 1. The molecule has 0 atom stereocenters. The van der Waals surface area contributed by atoms with Gasteiger partial charge in [-0.15, -0.1) is 23.1 Å². The molecule has 0 aliphatic carbocycles. The van der Waals surface area contributed by atoms with Crippen molar-refractivity contribution in [3.63, 3.8) is 0 Å². The molecular weight excluding hydrogens is 288 g/mol. The van der Waals surface area contributed by atoms with E-state index in [0.717, 1.165) is 22.6 Å². The Morgan fingerprint density at radius 3 is 2.95 bits per heavy atom. The predicted octanol–water partition coefficient (Wildman–Crippen LogP) is 3.09. The van der Waals surface area contributed by atoms with Crippen LogP contribution < -0.4 is 11.1 Å². The molecule has 0 bridgehead atoms. The summed E-state index contributed by atoms with van der Waals surface area (Å²) in [7, 11) is 0. The van der Waals surface area contributed by atoms with Gasteiger partial charge in [0.05, 0.1) is 5.75 Å². The summed E-state index contributed by atoms with van der Waals surface area (Å²) >= 11 is 3.19. The number of hydrogen-bond acceptors (Lipinski definition) is 4. The molecule has 2 aromatic rings. The number of benzene rings is 1. The van der Waals surface area contributed by atoms with E-state index >= 15 is 0 Å². The van der Waals surface area contributed by atoms with E-state index in [0.29, 0.717) is 12.3 Å². The number of anilines is 1. The number of hydrogen-bond donors (Lipinski definition) is 2. The Balaban J connectivity index is 1.72. The Hall–Kier alpha value is -1.46. The lowest BCUT2D eigenvalue weighted by atomic mass is 10.2. The molecule has 3 nitrogen and oxygen atoms in total. The van der Waals surface area contributed by atoms with Gasteiger partial charge in [0.25, 0.3) is 0 Å². The fourth-order valence-corrected chi connectivity index (χ4v) is 3.26. The van der Waals surface area contributed by atoms with E-state index in [9.17, 15) is 4.79 Å². The average Bonchev–Trinajstić information content (AvgIpc) is 2.91. The molecule has 1 aromatic heterocycles. The van der Waals surface area contributed by atoms with Gasteiger partial charge in [-0.1, -0.05) is 12.1 Å². The Morgan fingerprint density at radius 1 is 1.40 bits per heavy atom. The number of nitrogen functional groups attached to an aromatic ring is 1. The van der Waals surface area contributed by atoms with E-state index in [-0.39, 0.29) is 5.91 Å². The summed E-state index contributed by atoms with van der Waals surface area (Å²) in [5.41, 5.74) is 7.79. The van der Waals surface area contributed by atoms with Crippen LogP contribution in [0.2, 0.25) is 0 Å². The van der Waals surface area contributed by atoms with Gasteiger partial charge in [0, 0.05) is 22.0 Å². The van der Waals surface area contributed by atoms with E-state index in [4.69, 9.17) is 5.73 Å². The zero-order valence-electron chi connectivity index (χ0n) is 11.4. The van der Waals surface area contributed by atoms with Crippen molar-refractivity contribution in [3.8, 4) is 0 Å². The van der Waals surface area contributed by atoms with Crippen LogP contribution in [0.3, 0.4) is 0 Å². The Kier molecular flexibility index (Phi) is 5.49. The topological polar surface area (TPSA) is 55.1 Å². The molecule has 20 heavy (non-hydrogen) atoms. The average molecular weight is 306 g/mol. The second kappa shape index (κ2) is 7.36. The summed E-state index contributed by atoms with van der Waals surface area (Å²) < 4.78 is 0. The SMILES string of the molecule is Cc1ccc(SCC(=O)NCCc2cccs2)c(N)c1. The van der Waals surface area contributed by atoms with Gasteiger partial charge in [0.15, 0.2) is 0 Å². The molecular formula is C15H18N2OS2. The van der Waals surface area contributed by atoms with Crippen LogP contribution in [0.4, 0.5) is 5.69 Å². The minimum absolute atomic E-state index is 0.0477. The monoisotopic (exact) mass is 306 g/mol.